The van der Waals surface area contributed by atoms with Gasteiger partial charge in [0, 0.05) is 15.8 Å². The second kappa shape index (κ2) is 6.78. The topological polar surface area (TPSA) is 12.0 Å². The standard InChI is InChI=1S/C17H21NS/c1-4-16(18-3)15-7-5-6-8-17(15)19-14-11-9-13(2)10-12-14/h5-12,16,18H,4H2,1-3H3. The van der Waals surface area contributed by atoms with Crippen LogP contribution in [0.3, 0.4) is 0 Å². The zero-order chi connectivity index (χ0) is 13.7. The van der Waals surface area contributed by atoms with E-state index in [0.717, 1.165) is 6.42 Å². The van der Waals surface area contributed by atoms with E-state index in [-0.39, 0.29) is 0 Å². The van der Waals surface area contributed by atoms with Gasteiger partial charge in [-0.25, -0.2) is 0 Å². The number of hydrogen-bond donors (Lipinski definition) is 1. The summed E-state index contributed by atoms with van der Waals surface area (Å²) >= 11 is 1.84. The minimum Gasteiger partial charge on any atom is -0.313 e. The van der Waals surface area contributed by atoms with Gasteiger partial charge in [0.05, 0.1) is 0 Å². The van der Waals surface area contributed by atoms with Crippen LogP contribution in [0.5, 0.6) is 0 Å². The average molecular weight is 271 g/mol. The van der Waals surface area contributed by atoms with Crippen LogP contribution < -0.4 is 5.32 Å². The maximum Gasteiger partial charge on any atom is 0.0326 e. The molecule has 0 aliphatic heterocycles. The Morgan fingerprint density at radius 2 is 1.74 bits per heavy atom. The quantitative estimate of drug-likeness (QED) is 0.837. The summed E-state index contributed by atoms with van der Waals surface area (Å²) in [6, 6.07) is 17.8. The summed E-state index contributed by atoms with van der Waals surface area (Å²) in [5.74, 6) is 0. The first kappa shape index (κ1) is 14.2. The normalized spacial score (nSPS) is 12.4. The van der Waals surface area contributed by atoms with Crippen molar-refractivity contribution in [1.82, 2.24) is 5.32 Å². The van der Waals surface area contributed by atoms with E-state index in [4.69, 9.17) is 0 Å². The maximum absolute atomic E-state index is 3.39. The molecule has 0 saturated heterocycles. The van der Waals surface area contributed by atoms with Crippen molar-refractivity contribution in [3.05, 3.63) is 59.7 Å². The first-order valence-corrected chi connectivity index (χ1v) is 7.57. The summed E-state index contributed by atoms with van der Waals surface area (Å²) in [5, 5.41) is 3.39. The highest BCUT2D eigenvalue weighted by Crippen LogP contribution is 2.34. The Balaban J connectivity index is 2.27. The molecule has 1 atom stereocenters. The Morgan fingerprint density at radius 1 is 1.05 bits per heavy atom. The first-order valence-electron chi connectivity index (χ1n) is 6.75. The fourth-order valence-corrected chi connectivity index (χ4v) is 3.18. The average Bonchev–Trinajstić information content (AvgIpc) is 2.44. The third kappa shape index (κ3) is 3.62. The van der Waals surface area contributed by atoms with Crippen molar-refractivity contribution in [3.8, 4) is 0 Å². The van der Waals surface area contributed by atoms with Crippen molar-refractivity contribution in [2.24, 2.45) is 0 Å². The van der Waals surface area contributed by atoms with Gasteiger partial charge in [0.2, 0.25) is 0 Å². The number of nitrogens with one attached hydrogen (secondary N) is 1. The monoisotopic (exact) mass is 271 g/mol. The predicted octanol–water partition coefficient (Wildman–Crippen LogP) is 4.82. The van der Waals surface area contributed by atoms with Crippen LogP contribution >= 0.6 is 11.8 Å². The van der Waals surface area contributed by atoms with Crippen LogP contribution in [-0.4, -0.2) is 7.05 Å². The van der Waals surface area contributed by atoms with Crippen LogP contribution in [0.15, 0.2) is 58.3 Å². The zero-order valence-corrected chi connectivity index (χ0v) is 12.6. The van der Waals surface area contributed by atoms with Gasteiger partial charge in [0.15, 0.2) is 0 Å². The molecule has 19 heavy (non-hydrogen) atoms. The Bertz CT molecular complexity index is 515. The van der Waals surface area contributed by atoms with Gasteiger partial charge in [-0.2, -0.15) is 0 Å². The molecule has 0 bridgehead atoms. The minimum absolute atomic E-state index is 0.425. The summed E-state index contributed by atoms with van der Waals surface area (Å²) in [6.07, 6.45) is 1.10. The van der Waals surface area contributed by atoms with Crippen molar-refractivity contribution in [2.45, 2.75) is 36.1 Å². The lowest BCUT2D eigenvalue weighted by Gasteiger charge is -2.18. The summed E-state index contributed by atoms with van der Waals surface area (Å²) in [4.78, 5) is 2.64. The largest absolute Gasteiger partial charge is 0.313 e. The van der Waals surface area contributed by atoms with Crippen molar-refractivity contribution < 1.29 is 0 Å². The van der Waals surface area contributed by atoms with Gasteiger partial charge in [0.25, 0.3) is 0 Å². The second-order valence-electron chi connectivity index (χ2n) is 4.70. The SMILES string of the molecule is CCC(NC)c1ccccc1Sc1ccc(C)cc1. The molecule has 0 aromatic heterocycles. The summed E-state index contributed by atoms with van der Waals surface area (Å²) in [7, 11) is 2.03. The van der Waals surface area contributed by atoms with E-state index < -0.39 is 0 Å². The molecule has 2 aromatic rings. The molecule has 1 unspecified atom stereocenters. The van der Waals surface area contributed by atoms with Gasteiger partial charge >= 0.3 is 0 Å². The molecule has 0 saturated carbocycles. The molecule has 100 valence electrons. The molecule has 1 nitrogen and oxygen atoms in total. The van der Waals surface area contributed by atoms with E-state index in [1.807, 2.05) is 18.8 Å². The van der Waals surface area contributed by atoms with Crippen LogP contribution in [0, 0.1) is 6.92 Å². The van der Waals surface area contributed by atoms with E-state index in [2.05, 4.69) is 67.7 Å². The van der Waals surface area contributed by atoms with E-state index in [9.17, 15) is 0 Å². The Labute approximate surface area is 120 Å². The van der Waals surface area contributed by atoms with Gasteiger partial charge in [-0.05, 0) is 44.2 Å². The second-order valence-corrected chi connectivity index (χ2v) is 5.82. The highest BCUT2D eigenvalue weighted by molar-refractivity contribution is 7.99. The van der Waals surface area contributed by atoms with Gasteiger partial charge in [0.1, 0.15) is 0 Å². The molecule has 0 radical (unpaired) electrons. The number of benzene rings is 2. The van der Waals surface area contributed by atoms with E-state index in [0.29, 0.717) is 6.04 Å². The third-order valence-electron chi connectivity index (χ3n) is 3.30. The molecule has 0 heterocycles. The summed E-state index contributed by atoms with van der Waals surface area (Å²) in [6.45, 7) is 4.34. The van der Waals surface area contributed by atoms with Gasteiger partial charge in [-0.15, -0.1) is 0 Å². The van der Waals surface area contributed by atoms with Gasteiger partial charge < -0.3 is 5.32 Å². The molecule has 0 amide bonds. The Hall–Kier alpha value is -1.25. The molecule has 2 rings (SSSR count). The molecule has 2 aromatic carbocycles. The molecule has 0 spiro atoms. The van der Waals surface area contributed by atoms with Gasteiger partial charge in [-0.1, -0.05) is 54.6 Å². The number of hydrogen-bond acceptors (Lipinski definition) is 2. The summed E-state index contributed by atoms with van der Waals surface area (Å²) < 4.78 is 0. The molecule has 1 N–H and O–H groups in total. The molecule has 0 aliphatic carbocycles. The highest BCUT2D eigenvalue weighted by Gasteiger charge is 2.11. The van der Waals surface area contributed by atoms with Crippen molar-refractivity contribution in [1.29, 1.82) is 0 Å². The molecule has 0 aliphatic rings. The lowest BCUT2D eigenvalue weighted by molar-refractivity contribution is 0.568. The van der Waals surface area contributed by atoms with Crippen LogP contribution in [0.25, 0.3) is 0 Å². The van der Waals surface area contributed by atoms with E-state index in [1.165, 1.54) is 20.9 Å². The Kier molecular flexibility index (Phi) is 5.06. The summed E-state index contributed by atoms with van der Waals surface area (Å²) in [5.41, 5.74) is 2.69. The zero-order valence-electron chi connectivity index (χ0n) is 11.8. The molecular formula is C17H21NS. The van der Waals surface area contributed by atoms with Crippen molar-refractivity contribution in [2.75, 3.05) is 7.05 Å². The Morgan fingerprint density at radius 3 is 2.37 bits per heavy atom. The van der Waals surface area contributed by atoms with Crippen LogP contribution in [0.1, 0.15) is 30.5 Å². The van der Waals surface area contributed by atoms with Crippen molar-refractivity contribution >= 4 is 11.8 Å². The molecular weight excluding hydrogens is 250 g/mol. The van der Waals surface area contributed by atoms with Crippen molar-refractivity contribution in [3.63, 3.8) is 0 Å². The fraction of sp³-hybridized carbons (Fsp3) is 0.294. The van der Waals surface area contributed by atoms with Gasteiger partial charge in [-0.3, -0.25) is 0 Å². The van der Waals surface area contributed by atoms with Crippen LogP contribution in [0.2, 0.25) is 0 Å². The lowest BCUT2D eigenvalue weighted by atomic mass is 10.1. The van der Waals surface area contributed by atoms with Crippen LogP contribution in [0.4, 0.5) is 0 Å². The number of aryl methyl sites for hydroxylation is 1. The van der Waals surface area contributed by atoms with E-state index in [1.54, 1.807) is 0 Å². The fourth-order valence-electron chi connectivity index (χ4n) is 2.17. The first-order chi connectivity index (χ1) is 9.24. The molecule has 0 fully saturated rings. The van der Waals surface area contributed by atoms with E-state index >= 15 is 0 Å². The number of rotatable bonds is 5. The molecule has 2 heteroatoms. The third-order valence-corrected chi connectivity index (χ3v) is 4.40. The maximum atomic E-state index is 3.39. The smallest absolute Gasteiger partial charge is 0.0326 e. The minimum atomic E-state index is 0.425. The predicted molar refractivity (Wildman–Crippen MR) is 83.8 cm³/mol. The highest BCUT2D eigenvalue weighted by atomic mass is 32.2. The van der Waals surface area contributed by atoms with Crippen LogP contribution in [-0.2, 0) is 0 Å². The lowest BCUT2D eigenvalue weighted by Crippen LogP contribution is -2.15.